The second-order valence-corrected chi connectivity index (χ2v) is 4.04. The molecule has 0 saturated heterocycles. The van der Waals surface area contributed by atoms with Crippen molar-refractivity contribution in [3.63, 3.8) is 0 Å². The molecule has 102 valence electrons. The van der Waals surface area contributed by atoms with Crippen LogP contribution in [0.4, 0.5) is 13.2 Å². The molecule has 2 N–H and O–H groups in total. The molecule has 1 amide bonds. The summed E-state index contributed by atoms with van der Waals surface area (Å²) in [5.74, 6) is -0.618. The standard InChI is InChI=1S/C10H18F3NO3/c1-3-9(2,4-5-15)14-8(16)6-17-7-10(11,12)13/h15H,3-7H2,1-2H3,(H,14,16). The molecule has 4 nitrogen and oxygen atoms in total. The largest absolute Gasteiger partial charge is 0.411 e. The van der Waals surface area contributed by atoms with Crippen LogP contribution in [0.15, 0.2) is 0 Å². The molecule has 0 bridgehead atoms. The zero-order valence-corrected chi connectivity index (χ0v) is 9.93. The van der Waals surface area contributed by atoms with Crippen molar-refractivity contribution in [1.29, 1.82) is 0 Å². The molecule has 0 fully saturated rings. The number of amides is 1. The lowest BCUT2D eigenvalue weighted by atomic mass is 9.95. The zero-order valence-electron chi connectivity index (χ0n) is 9.93. The Morgan fingerprint density at radius 1 is 1.41 bits per heavy atom. The molecule has 0 radical (unpaired) electrons. The van der Waals surface area contributed by atoms with Gasteiger partial charge in [0.05, 0.1) is 0 Å². The molecule has 0 spiro atoms. The van der Waals surface area contributed by atoms with Gasteiger partial charge in [-0.3, -0.25) is 4.79 Å². The van der Waals surface area contributed by atoms with Crippen molar-refractivity contribution in [2.24, 2.45) is 0 Å². The van der Waals surface area contributed by atoms with E-state index in [0.717, 1.165) is 0 Å². The highest BCUT2D eigenvalue weighted by Gasteiger charge is 2.28. The van der Waals surface area contributed by atoms with Crippen LogP contribution in [-0.2, 0) is 9.53 Å². The van der Waals surface area contributed by atoms with Crippen LogP contribution in [-0.4, -0.2) is 42.5 Å². The minimum atomic E-state index is -4.43. The van der Waals surface area contributed by atoms with Crippen LogP contribution in [0.1, 0.15) is 26.7 Å². The van der Waals surface area contributed by atoms with Crippen LogP contribution < -0.4 is 5.32 Å². The van der Waals surface area contributed by atoms with E-state index in [1.807, 2.05) is 6.92 Å². The lowest BCUT2D eigenvalue weighted by molar-refractivity contribution is -0.176. The zero-order chi connectivity index (χ0) is 13.5. The summed E-state index contributed by atoms with van der Waals surface area (Å²) in [4.78, 5) is 11.3. The molecule has 0 aromatic carbocycles. The Kier molecular flexibility index (Phi) is 6.48. The number of rotatable bonds is 7. The fourth-order valence-electron chi connectivity index (χ4n) is 1.21. The molecule has 0 aliphatic carbocycles. The smallest absolute Gasteiger partial charge is 0.396 e. The number of hydrogen-bond donors (Lipinski definition) is 2. The maximum absolute atomic E-state index is 11.7. The number of aliphatic hydroxyl groups excluding tert-OH is 1. The maximum Gasteiger partial charge on any atom is 0.411 e. The molecule has 1 unspecified atom stereocenters. The maximum atomic E-state index is 11.7. The summed E-state index contributed by atoms with van der Waals surface area (Å²) in [7, 11) is 0. The SMILES string of the molecule is CCC(C)(CCO)NC(=O)COCC(F)(F)F. The topological polar surface area (TPSA) is 58.6 Å². The van der Waals surface area contributed by atoms with Crippen molar-refractivity contribution in [2.45, 2.75) is 38.4 Å². The number of carbonyl (C=O) groups is 1. The van der Waals surface area contributed by atoms with Crippen molar-refractivity contribution in [3.8, 4) is 0 Å². The Balaban J connectivity index is 4.00. The number of aliphatic hydroxyl groups is 1. The number of nitrogens with one attached hydrogen (secondary N) is 1. The van der Waals surface area contributed by atoms with E-state index < -0.39 is 30.8 Å². The summed E-state index contributed by atoms with van der Waals surface area (Å²) in [5, 5.41) is 11.3. The molecule has 0 aromatic rings. The van der Waals surface area contributed by atoms with Crippen molar-refractivity contribution >= 4 is 5.91 Å². The van der Waals surface area contributed by atoms with Gasteiger partial charge in [-0.2, -0.15) is 13.2 Å². The first-order valence-corrected chi connectivity index (χ1v) is 5.29. The molecule has 0 aliphatic heterocycles. The third-order valence-electron chi connectivity index (χ3n) is 2.38. The Morgan fingerprint density at radius 3 is 2.41 bits per heavy atom. The highest BCUT2D eigenvalue weighted by molar-refractivity contribution is 5.78. The van der Waals surface area contributed by atoms with Crippen LogP contribution in [0.2, 0.25) is 0 Å². The lowest BCUT2D eigenvalue weighted by Gasteiger charge is -2.28. The van der Waals surface area contributed by atoms with Crippen molar-refractivity contribution in [1.82, 2.24) is 5.32 Å². The predicted molar refractivity (Wildman–Crippen MR) is 55.4 cm³/mol. The van der Waals surface area contributed by atoms with Gasteiger partial charge in [0.1, 0.15) is 13.2 Å². The van der Waals surface area contributed by atoms with Crippen molar-refractivity contribution in [2.75, 3.05) is 19.8 Å². The summed E-state index contributed by atoms with van der Waals surface area (Å²) in [6.45, 7) is 1.34. The average molecular weight is 257 g/mol. The summed E-state index contributed by atoms with van der Waals surface area (Å²) < 4.78 is 39.5. The minimum absolute atomic E-state index is 0.103. The number of halogens is 3. The average Bonchev–Trinajstić information content (AvgIpc) is 2.15. The number of ether oxygens (including phenoxy) is 1. The first-order chi connectivity index (χ1) is 7.72. The van der Waals surface area contributed by atoms with E-state index in [0.29, 0.717) is 12.8 Å². The quantitative estimate of drug-likeness (QED) is 0.721. The molecule has 0 heterocycles. The first-order valence-electron chi connectivity index (χ1n) is 5.29. The predicted octanol–water partition coefficient (Wildman–Crippen LogP) is 1.23. The van der Waals surface area contributed by atoms with Crippen molar-refractivity contribution in [3.05, 3.63) is 0 Å². The molecule has 0 rings (SSSR count). The van der Waals surface area contributed by atoms with Gasteiger partial charge in [0.15, 0.2) is 0 Å². The van der Waals surface area contributed by atoms with Gasteiger partial charge in [-0.1, -0.05) is 6.92 Å². The van der Waals surface area contributed by atoms with Gasteiger partial charge >= 0.3 is 6.18 Å². The van der Waals surface area contributed by atoms with Crippen LogP contribution in [0.25, 0.3) is 0 Å². The van der Waals surface area contributed by atoms with Gasteiger partial charge in [-0.25, -0.2) is 0 Å². The van der Waals surface area contributed by atoms with Crippen LogP contribution in [0, 0.1) is 0 Å². The Morgan fingerprint density at radius 2 is 2.00 bits per heavy atom. The fraction of sp³-hybridized carbons (Fsp3) is 0.900. The molecular formula is C10H18F3NO3. The van der Waals surface area contributed by atoms with Crippen molar-refractivity contribution < 1.29 is 27.8 Å². The minimum Gasteiger partial charge on any atom is -0.396 e. The van der Waals surface area contributed by atoms with E-state index in [9.17, 15) is 18.0 Å². The molecule has 0 saturated carbocycles. The van der Waals surface area contributed by atoms with Crippen LogP contribution >= 0.6 is 0 Å². The third kappa shape index (κ3) is 7.98. The van der Waals surface area contributed by atoms with Gasteiger partial charge in [0.25, 0.3) is 0 Å². The molecule has 17 heavy (non-hydrogen) atoms. The Labute approximate surface area is 98.1 Å². The summed E-state index contributed by atoms with van der Waals surface area (Å²) in [6, 6.07) is 0. The van der Waals surface area contributed by atoms with Gasteiger partial charge in [-0.05, 0) is 19.8 Å². The lowest BCUT2D eigenvalue weighted by Crippen LogP contribution is -2.47. The Bertz CT molecular complexity index is 245. The Hall–Kier alpha value is -0.820. The van der Waals surface area contributed by atoms with Gasteiger partial charge in [0.2, 0.25) is 5.91 Å². The molecular weight excluding hydrogens is 239 g/mol. The van der Waals surface area contributed by atoms with Gasteiger partial charge in [-0.15, -0.1) is 0 Å². The highest BCUT2D eigenvalue weighted by Crippen LogP contribution is 2.15. The van der Waals surface area contributed by atoms with E-state index in [-0.39, 0.29) is 6.61 Å². The summed E-state index contributed by atoms with van der Waals surface area (Å²) in [5.41, 5.74) is -0.618. The number of carbonyl (C=O) groups excluding carboxylic acids is 1. The summed E-state index contributed by atoms with van der Waals surface area (Å²) in [6.07, 6.45) is -3.52. The molecule has 0 aliphatic rings. The number of hydrogen-bond acceptors (Lipinski definition) is 3. The van der Waals surface area contributed by atoms with E-state index in [1.54, 1.807) is 6.92 Å². The van der Waals surface area contributed by atoms with Crippen LogP contribution in [0.5, 0.6) is 0 Å². The van der Waals surface area contributed by atoms with E-state index in [4.69, 9.17) is 5.11 Å². The summed E-state index contributed by atoms with van der Waals surface area (Å²) >= 11 is 0. The molecule has 0 aromatic heterocycles. The first kappa shape index (κ1) is 16.2. The fourth-order valence-corrected chi connectivity index (χ4v) is 1.21. The van der Waals surface area contributed by atoms with Gasteiger partial charge < -0.3 is 15.2 Å². The van der Waals surface area contributed by atoms with E-state index >= 15 is 0 Å². The monoisotopic (exact) mass is 257 g/mol. The molecule has 1 atom stereocenters. The normalized spacial score (nSPS) is 15.4. The van der Waals surface area contributed by atoms with E-state index in [1.165, 1.54) is 0 Å². The van der Waals surface area contributed by atoms with Gasteiger partial charge in [0, 0.05) is 12.1 Å². The highest BCUT2D eigenvalue weighted by atomic mass is 19.4. The van der Waals surface area contributed by atoms with Crippen LogP contribution in [0.3, 0.4) is 0 Å². The third-order valence-corrected chi connectivity index (χ3v) is 2.38. The number of alkyl halides is 3. The van der Waals surface area contributed by atoms with E-state index in [2.05, 4.69) is 10.1 Å². The second kappa shape index (κ2) is 6.80. The second-order valence-electron chi connectivity index (χ2n) is 4.04. The molecule has 7 heteroatoms.